The zero-order valence-corrected chi connectivity index (χ0v) is 7.96. The fourth-order valence-electron chi connectivity index (χ4n) is 0.852. The molecule has 0 aromatic heterocycles. The molecule has 0 atom stereocenters. The fourth-order valence-corrected chi connectivity index (χ4v) is 0.852. The molecule has 12 heavy (non-hydrogen) atoms. The van der Waals surface area contributed by atoms with Crippen molar-refractivity contribution in [2.45, 2.75) is 20.3 Å². The van der Waals surface area contributed by atoms with E-state index in [1.807, 2.05) is 6.08 Å². The molecule has 0 unspecified atom stereocenters. The summed E-state index contributed by atoms with van der Waals surface area (Å²) in [7, 11) is 1.38. The summed E-state index contributed by atoms with van der Waals surface area (Å²) < 4.78 is 4.50. The lowest BCUT2D eigenvalue weighted by molar-refractivity contribution is -0.139. The SMILES string of the molecule is COC(=O)C/C=C(\CN)C(C)C. The van der Waals surface area contributed by atoms with Crippen LogP contribution in [0.4, 0.5) is 0 Å². The average molecular weight is 171 g/mol. The second kappa shape index (κ2) is 5.77. The molecule has 0 aliphatic rings. The summed E-state index contributed by atoms with van der Waals surface area (Å²) in [6, 6.07) is 0. The molecule has 3 nitrogen and oxygen atoms in total. The molecule has 0 amide bonds. The maximum atomic E-state index is 10.7. The second-order valence-corrected chi connectivity index (χ2v) is 2.92. The summed E-state index contributed by atoms with van der Waals surface area (Å²) in [5.74, 6) is 0.182. The molecule has 0 bridgehead atoms. The van der Waals surface area contributed by atoms with Crippen molar-refractivity contribution in [2.75, 3.05) is 13.7 Å². The highest BCUT2D eigenvalue weighted by Gasteiger charge is 2.02. The molecule has 3 heteroatoms. The number of methoxy groups -OCH3 is 1. The van der Waals surface area contributed by atoms with Gasteiger partial charge in [-0.1, -0.05) is 25.5 Å². The Labute approximate surface area is 73.6 Å². The zero-order valence-electron chi connectivity index (χ0n) is 7.96. The van der Waals surface area contributed by atoms with Gasteiger partial charge in [-0.2, -0.15) is 0 Å². The number of ether oxygens (including phenoxy) is 1. The number of hydrogen-bond donors (Lipinski definition) is 1. The topological polar surface area (TPSA) is 52.3 Å². The van der Waals surface area contributed by atoms with Crippen LogP contribution in [0.3, 0.4) is 0 Å². The van der Waals surface area contributed by atoms with Crippen LogP contribution in [0, 0.1) is 5.92 Å². The van der Waals surface area contributed by atoms with Crippen molar-refractivity contribution in [1.82, 2.24) is 0 Å². The largest absolute Gasteiger partial charge is 0.469 e. The van der Waals surface area contributed by atoms with E-state index in [1.54, 1.807) is 0 Å². The molecule has 0 aromatic rings. The number of carbonyl (C=O) groups is 1. The van der Waals surface area contributed by atoms with Crippen LogP contribution in [0.1, 0.15) is 20.3 Å². The van der Waals surface area contributed by atoms with Crippen molar-refractivity contribution in [3.8, 4) is 0 Å². The lowest BCUT2D eigenvalue weighted by Gasteiger charge is -2.07. The van der Waals surface area contributed by atoms with Gasteiger partial charge in [0.15, 0.2) is 0 Å². The van der Waals surface area contributed by atoms with Crippen LogP contribution in [0.2, 0.25) is 0 Å². The van der Waals surface area contributed by atoms with Gasteiger partial charge in [-0.05, 0) is 5.92 Å². The van der Waals surface area contributed by atoms with E-state index in [4.69, 9.17) is 5.73 Å². The van der Waals surface area contributed by atoms with Gasteiger partial charge in [0.25, 0.3) is 0 Å². The first-order chi connectivity index (χ1) is 5.61. The van der Waals surface area contributed by atoms with Crippen LogP contribution in [0.15, 0.2) is 11.6 Å². The van der Waals surface area contributed by atoms with E-state index in [0.29, 0.717) is 18.9 Å². The Morgan fingerprint density at radius 3 is 2.50 bits per heavy atom. The van der Waals surface area contributed by atoms with E-state index in [0.717, 1.165) is 5.57 Å². The second-order valence-electron chi connectivity index (χ2n) is 2.92. The van der Waals surface area contributed by atoms with E-state index in [-0.39, 0.29) is 5.97 Å². The third kappa shape index (κ3) is 4.13. The Morgan fingerprint density at radius 1 is 1.58 bits per heavy atom. The lowest BCUT2D eigenvalue weighted by atomic mass is 10.0. The van der Waals surface area contributed by atoms with Crippen LogP contribution in [0.25, 0.3) is 0 Å². The number of nitrogens with two attached hydrogens (primary N) is 1. The van der Waals surface area contributed by atoms with E-state index < -0.39 is 0 Å². The van der Waals surface area contributed by atoms with Gasteiger partial charge in [0.05, 0.1) is 13.5 Å². The Morgan fingerprint density at radius 2 is 2.17 bits per heavy atom. The molecule has 0 fully saturated rings. The van der Waals surface area contributed by atoms with Crippen molar-refractivity contribution in [2.24, 2.45) is 11.7 Å². The fraction of sp³-hybridized carbons (Fsp3) is 0.667. The molecule has 0 spiro atoms. The monoisotopic (exact) mass is 171 g/mol. The first-order valence-electron chi connectivity index (χ1n) is 4.07. The van der Waals surface area contributed by atoms with Gasteiger partial charge in [0.2, 0.25) is 0 Å². The molecule has 2 N–H and O–H groups in total. The van der Waals surface area contributed by atoms with Gasteiger partial charge < -0.3 is 10.5 Å². The van der Waals surface area contributed by atoms with Crippen LogP contribution in [-0.2, 0) is 9.53 Å². The van der Waals surface area contributed by atoms with Crippen LogP contribution >= 0.6 is 0 Å². The molecule has 0 aromatic carbocycles. The minimum Gasteiger partial charge on any atom is -0.469 e. The zero-order chi connectivity index (χ0) is 9.56. The number of carbonyl (C=O) groups excluding carboxylic acids is 1. The number of rotatable bonds is 4. The van der Waals surface area contributed by atoms with Gasteiger partial charge in [0, 0.05) is 6.54 Å². The summed E-state index contributed by atoms with van der Waals surface area (Å²) in [6.45, 7) is 4.61. The van der Waals surface area contributed by atoms with Crippen molar-refractivity contribution in [1.29, 1.82) is 0 Å². The van der Waals surface area contributed by atoms with Crippen LogP contribution in [-0.4, -0.2) is 19.6 Å². The third-order valence-corrected chi connectivity index (χ3v) is 1.74. The summed E-state index contributed by atoms with van der Waals surface area (Å²) in [5.41, 5.74) is 6.58. The minimum absolute atomic E-state index is 0.221. The lowest BCUT2D eigenvalue weighted by Crippen LogP contribution is -2.09. The van der Waals surface area contributed by atoms with Crippen LogP contribution < -0.4 is 5.73 Å². The van der Waals surface area contributed by atoms with E-state index in [1.165, 1.54) is 7.11 Å². The van der Waals surface area contributed by atoms with E-state index in [2.05, 4.69) is 18.6 Å². The first-order valence-corrected chi connectivity index (χ1v) is 4.07. The smallest absolute Gasteiger partial charge is 0.309 e. The Kier molecular flexibility index (Phi) is 5.37. The van der Waals surface area contributed by atoms with Crippen LogP contribution in [0.5, 0.6) is 0 Å². The molecule has 0 heterocycles. The van der Waals surface area contributed by atoms with E-state index >= 15 is 0 Å². The normalized spacial score (nSPS) is 11.9. The maximum Gasteiger partial charge on any atom is 0.309 e. The Hall–Kier alpha value is -0.830. The highest BCUT2D eigenvalue weighted by atomic mass is 16.5. The standard InChI is InChI=1S/C9H17NO2/c1-7(2)8(6-10)4-5-9(11)12-3/h4,7H,5-6,10H2,1-3H3/b8-4+. The van der Waals surface area contributed by atoms with Crippen molar-refractivity contribution in [3.05, 3.63) is 11.6 Å². The number of esters is 1. The van der Waals surface area contributed by atoms with Gasteiger partial charge >= 0.3 is 5.97 Å². The molecular weight excluding hydrogens is 154 g/mol. The molecule has 70 valence electrons. The Bertz CT molecular complexity index is 173. The van der Waals surface area contributed by atoms with Crippen molar-refractivity contribution < 1.29 is 9.53 Å². The third-order valence-electron chi connectivity index (χ3n) is 1.74. The van der Waals surface area contributed by atoms with E-state index in [9.17, 15) is 4.79 Å². The molecule has 0 radical (unpaired) electrons. The molecule has 0 aliphatic carbocycles. The Balaban J connectivity index is 4.03. The van der Waals surface area contributed by atoms with Gasteiger partial charge in [0.1, 0.15) is 0 Å². The highest BCUT2D eigenvalue weighted by molar-refractivity contribution is 5.71. The van der Waals surface area contributed by atoms with Gasteiger partial charge in [-0.25, -0.2) is 0 Å². The average Bonchev–Trinajstić information content (AvgIpc) is 2.04. The molecule has 0 aliphatic heterocycles. The summed E-state index contributed by atoms with van der Waals surface area (Å²) >= 11 is 0. The molecular formula is C9H17NO2. The highest BCUT2D eigenvalue weighted by Crippen LogP contribution is 2.08. The predicted octanol–water partition coefficient (Wildman–Crippen LogP) is 1.09. The summed E-state index contributed by atoms with van der Waals surface area (Å²) in [5, 5.41) is 0. The first kappa shape index (κ1) is 11.2. The summed E-state index contributed by atoms with van der Waals surface area (Å²) in [4.78, 5) is 10.7. The molecule has 0 saturated heterocycles. The maximum absolute atomic E-state index is 10.7. The minimum atomic E-state index is -0.221. The van der Waals surface area contributed by atoms with Crippen molar-refractivity contribution in [3.63, 3.8) is 0 Å². The summed E-state index contributed by atoms with van der Waals surface area (Å²) in [6.07, 6.45) is 2.16. The van der Waals surface area contributed by atoms with Gasteiger partial charge in [-0.15, -0.1) is 0 Å². The molecule has 0 rings (SSSR count). The van der Waals surface area contributed by atoms with Crippen molar-refractivity contribution >= 4 is 5.97 Å². The number of hydrogen-bond acceptors (Lipinski definition) is 3. The predicted molar refractivity (Wildman–Crippen MR) is 48.6 cm³/mol. The van der Waals surface area contributed by atoms with Gasteiger partial charge in [-0.3, -0.25) is 4.79 Å². The quantitative estimate of drug-likeness (QED) is 0.509. The molecule has 0 saturated carbocycles.